The zero-order valence-corrected chi connectivity index (χ0v) is 18.8. The molecule has 148 valence electrons. The molecule has 0 spiro atoms. The fraction of sp³-hybridized carbons (Fsp3) is 0.364. The van der Waals surface area contributed by atoms with Crippen molar-refractivity contribution in [2.45, 2.75) is 32.4 Å². The Morgan fingerprint density at radius 3 is 2.64 bits per heavy atom. The molecule has 1 heterocycles. The topological polar surface area (TPSA) is 63.5 Å². The third kappa shape index (κ3) is 5.86. The Morgan fingerprint density at radius 1 is 1.18 bits per heavy atom. The summed E-state index contributed by atoms with van der Waals surface area (Å²) in [5.41, 5.74) is 4.27. The third-order valence-electron chi connectivity index (χ3n) is 4.93. The maximum atomic E-state index is 9.02. The Balaban J connectivity index is 0.00000280. The number of aliphatic imine (C=N–C) groups is 1. The number of hydrogen-bond donors (Lipinski definition) is 2. The van der Waals surface area contributed by atoms with Gasteiger partial charge >= 0.3 is 0 Å². The second kappa shape index (κ2) is 10.9. The minimum Gasteiger partial charge on any atom is -0.372 e. The lowest BCUT2D eigenvalue weighted by atomic mass is 10.1. The molecule has 1 atom stereocenters. The lowest BCUT2D eigenvalue weighted by molar-refractivity contribution is 0.685. The molecule has 2 aromatic rings. The van der Waals surface area contributed by atoms with Crippen LogP contribution in [0.25, 0.3) is 0 Å². The summed E-state index contributed by atoms with van der Waals surface area (Å²) in [6.07, 6.45) is 2.56. The molecule has 3 rings (SSSR count). The van der Waals surface area contributed by atoms with Crippen molar-refractivity contribution >= 4 is 35.6 Å². The van der Waals surface area contributed by atoms with Crippen LogP contribution in [0.15, 0.2) is 53.5 Å². The van der Waals surface area contributed by atoms with Crippen LogP contribution >= 0.6 is 24.0 Å². The van der Waals surface area contributed by atoms with Crippen molar-refractivity contribution in [1.82, 2.24) is 10.6 Å². The van der Waals surface area contributed by atoms with Crippen molar-refractivity contribution in [3.05, 3.63) is 65.2 Å². The fourth-order valence-corrected chi connectivity index (χ4v) is 3.39. The molecule has 1 aliphatic rings. The first-order valence-corrected chi connectivity index (χ1v) is 9.51. The summed E-state index contributed by atoms with van der Waals surface area (Å²) < 4.78 is 0. The highest BCUT2D eigenvalue weighted by Crippen LogP contribution is 2.23. The first-order valence-electron chi connectivity index (χ1n) is 9.51. The highest BCUT2D eigenvalue weighted by molar-refractivity contribution is 14.0. The number of hydrogen-bond acceptors (Lipinski definition) is 3. The summed E-state index contributed by atoms with van der Waals surface area (Å²) in [6, 6.07) is 18.7. The van der Waals surface area contributed by atoms with E-state index in [0.29, 0.717) is 12.1 Å². The first-order chi connectivity index (χ1) is 13.2. The maximum Gasteiger partial charge on any atom is 0.191 e. The van der Waals surface area contributed by atoms with Gasteiger partial charge in [0.05, 0.1) is 17.7 Å². The molecule has 2 N–H and O–H groups in total. The van der Waals surface area contributed by atoms with Gasteiger partial charge in [-0.15, -0.1) is 24.0 Å². The van der Waals surface area contributed by atoms with E-state index >= 15 is 0 Å². The van der Waals surface area contributed by atoms with Gasteiger partial charge in [0.1, 0.15) is 0 Å². The average molecular weight is 489 g/mol. The van der Waals surface area contributed by atoms with Crippen LogP contribution in [0, 0.1) is 11.3 Å². The van der Waals surface area contributed by atoms with Crippen LogP contribution in [0.3, 0.4) is 0 Å². The van der Waals surface area contributed by atoms with Crippen LogP contribution in [0.2, 0.25) is 0 Å². The summed E-state index contributed by atoms with van der Waals surface area (Å²) in [6.45, 7) is 5.06. The minimum absolute atomic E-state index is 0. The number of guanidine groups is 1. The molecule has 0 bridgehead atoms. The van der Waals surface area contributed by atoms with Crippen LogP contribution in [-0.2, 0) is 6.54 Å². The first kappa shape index (κ1) is 22.0. The summed E-state index contributed by atoms with van der Waals surface area (Å²) in [5.74, 6) is 0.747. The van der Waals surface area contributed by atoms with Gasteiger partial charge in [-0.2, -0.15) is 5.26 Å². The smallest absolute Gasteiger partial charge is 0.191 e. The molecule has 1 aliphatic heterocycles. The van der Waals surface area contributed by atoms with Crippen LogP contribution in [-0.4, -0.2) is 26.1 Å². The summed E-state index contributed by atoms with van der Waals surface area (Å²) in [7, 11) is 1.77. The van der Waals surface area contributed by atoms with Gasteiger partial charge in [-0.25, -0.2) is 0 Å². The zero-order valence-electron chi connectivity index (χ0n) is 16.5. The largest absolute Gasteiger partial charge is 0.372 e. The lowest BCUT2D eigenvalue weighted by Crippen LogP contribution is -2.38. The van der Waals surface area contributed by atoms with E-state index in [1.54, 1.807) is 7.05 Å². The van der Waals surface area contributed by atoms with E-state index in [2.05, 4.69) is 57.8 Å². The fourth-order valence-electron chi connectivity index (χ4n) is 3.39. The van der Waals surface area contributed by atoms with Gasteiger partial charge in [-0.3, -0.25) is 4.99 Å². The summed E-state index contributed by atoms with van der Waals surface area (Å²) >= 11 is 0. The Hall–Kier alpha value is -2.27. The second-order valence-electron chi connectivity index (χ2n) is 6.89. The molecule has 5 nitrogen and oxygen atoms in total. The molecule has 0 radical (unpaired) electrons. The van der Waals surface area contributed by atoms with E-state index < -0.39 is 0 Å². The van der Waals surface area contributed by atoms with Crippen molar-refractivity contribution in [1.29, 1.82) is 5.26 Å². The van der Waals surface area contributed by atoms with Gasteiger partial charge in [0.25, 0.3) is 0 Å². The number of benzene rings is 2. The van der Waals surface area contributed by atoms with E-state index in [4.69, 9.17) is 5.26 Å². The molecule has 0 aromatic heterocycles. The Labute approximate surface area is 184 Å². The highest BCUT2D eigenvalue weighted by Gasteiger charge is 2.14. The van der Waals surface area contributed by atoms with Crippen molar-refractivity contribution in [3.8, 4) is 6.07 Å². The quantitative estimate of drug-likeness (QED) is 0.376. The molecule has 1 unspecified atom stereocenters. The second-order valence-corrected chi connectivity index (χ2v) is 6.89. The third-order valence-corrected chi connectivity index (χ3v) is 4.93. The van der Waals surface area contributed by atoms with Gasteiger partial charge in [0, 0.05) is 32.4 Å². The van der Waals surface area contributed by atoms with Gasteiger partial charge in [-0.05, 0) is 55.2 Å². The van der Waals surface area contributed by atoms with E-state index in [1.807, 2.05) is 24.3 Å². The monoisotopic (exact) mass is 489 g/mol. The molecule has 0 saturated carbocycles. The van der Waals surface area contributed by atoms with Gasteiger partial charge in [-0.1, -0.05) is 24.3 Å². The van der Waals surface area contributed by atoms with Crippen LogP contribution in [0.1, 0.15) is 42.5 Å². The van der Waals surface area contributed by atoms with Crippen LogP contribution in [0.4, 0.5) is 5.69 Å². The number of nitrogens with one attached hydrogen (secondary N) is 2. The molecule has 2 aromatic carbocycles. The lowest BCUT2D eigenvalue weighted by Gasteiger charge is -2.22. The van der Waals surface area contributed by atoms with Gasteiger partial charge < -0.3 is 15.5 Å². The van der Waals surface area contributed by atoms with Gasteiger partial charge in [0.2, 0.25) is 0 Å². The van der Waals surface area contributed by atoms with Crippen molar-refractivity contribution in [2.24, 2.45) is 4.99 Å². The van der Waals surface area contributed by atoms with E-state index in [-0.39, 0.29) is 30.0 Å². The van der Waals surface area contributed by atoms with Crippen molar-refractivity contribution < 1.29 is 0 Å². The molecule has 0 aliphatic carbocycles. The van der Waals surface area contributed by atoms with Crippen LogP contribution < -0.4 is 15.5 Å². The van der Waals surface area contributed by atoms with Crippen molar-refractivity contribution in [3.63, 3.8) is 0 Å². The van der Waals surface area contributed by atoms with Gasteiger partial charge in [0.15, 0.2) is 5.96 Å². The number of rotatable bonds is 5. The number of nitriles is 1. The van der Waals surface area contributed by atoms with E-state index in [1.165, 1.54) is 24.1 Å². The summed E-state index contributed by atoms with van der Waals surface area (Å²) in [4.78, 5) is 6.78. The number of nitrogens with zero attached hydrogens (tertiary/aromatic N) is 3. The summed E-state index contributed by atoms with van der Waals surface area (Å²) in [5, 5.41) is 15.8. The maximum absolute atomic E-state index is 9.02. The highest BCUT2D eigenvalue weighted by atomic mass is 127. The molecule has 1 fully saturated rings. The predicted molar refractivity (Wildman–Crippen MR) is 126 cm³/mol. The number of halogens is 1. The molecule has 0 amide bonds. The molecular weight excluding hydrogens is 461 g/mol. The molecule has 1 saturated heterocycles. The average Bonchev–Trinajstić information content (AvgIpc) is 3.26. The SMILES string of the molecule is CN=C(NCc1cccc(C#N)c1)NC(C)c1cccc(N2CCCC2)c1.I. The minimum atomic E-state index is 0. The Kier molecular flexibility index (Phi) is 8.58. The van der Waals surface area contributed by atoms with Crippen LogP contribution in [0.5, 0.6) is 0 Å². The zero-order chi connectivity index (χ0) is 19.1. The normalized spacial score (nSPS) is 14.8. The standard InChI is InChI=1S/C22H27N5.HI/c1-17(20-9-6-10-21(14-20)27-11-3-4-12-27)26-22(24-2)25-16-19-8-5-7-18(13-19)15-23;/h5-10,13-14,17H,3-4,11-12,16H2,1-2H3,(H2,24,25,26);1H. The van der Waals surface area contributed by atoms with E-state index in [9.17, 15) is 0 Å². The predicted octanol–water partition coefficient (Wildman–Crippen LogP) is 4.20. The van der Waals surface area contributed by atoms with E-state index in [0.717, 1.165) is 24.6 Å². The Bertz CT molecular complexity index is 837. The number of anilines is 1. The Morgan fingerprint density at radius 2 is 1.93 bits per heavy atom. The molecule has 28 heavy (non-hydrogen) atoms. The molecule has 6 heteroatoms. The molecular formula is C22H28IN5. The van der Waals surface area contributed by atoms with Crippen molar-refractivity contribution in [2.75, 3.05) is 25.0 Å².